The number of pyridine rings is 1. The molecule has 1 aliphatic heterocycles. The van der Waals surface area contributed by atoms with Crippen molar-refractivity contribution >= 4 is 23.0 Å². The molecule has 0 bridgehead atoms. The van der Waals surface area contributed by atoms with Crippen molar-refractivity contribution in [3.05, 3.63) is 23.4 Å². The zero-order valence-electron chi connectivity index (χ0n) is 11.2. The van der Waals surface area contributed by atoms with Gasteiger partial charge in [-0.15, -0.1) is 0 Å². The van der Waals surface area contributed by atoms with E-state index in [1.54, 1.807) is 0 Å². The fourth-order valence-electron chi connectivity index (χ4n) is 2.13. The first-order valence-corrected chi connectivity index (χ1v) is 7.02. The Morgan fingerprint density at radius 3 is 2.76 bits per heavy atom. The molecule has 0 radical (unpaired) electrons. The van der Waals surface area contributed by atoms with E-state index in [0.29, 0.717) is 18.7 Å². The van der Waals surface area contributed by atoms with Gasteiger partial charge >= 0.3 is 6.18 Å². The molecule has 1 unspecified atom stereocenters. The summed E-state index contributed by atoms with van der Waals surface area (Å²) in [4.78, 5) is 3.59. The summed E-state index contributed by atoms with van der Waals surface area (Å²) in [5.41, 5.74) is 4.84. The maximum Gasteiger partial charge on any atom is 0.433 e. The van der Waals surface area contributed by atoms with Crippen molar-refractivity contribution in [2.75, 3.05) is 18.5 Å². The van der Waals surface area contributed by atoms with E-state index in [1.165, 1.54) is 6.07 Å². The summed E-state index contributed by atoms with van der Waals surface area (Å²) in [6.07, 6.45) is -1.61. The van der Waals surface area contributed by atoms with Gasteiger partial charge in [-0.1, -0.05) is 12.2 Å². The van der Waals surface area contributed by atoms with E-state index in [9.17, 15) is 13.2 Å². The minimum Gasteiger partial charge on any atom is -0.389 e. The SMILES string of the molecule is NC(=S)c1ccc(C(F)(F)F)nc1NCC1CCCCO1. The molecular formula is C13H16F3N3OS. The number of nitrogens with one attached hydrogen (secondary N) is 1. The van der Waals surface area contributed by atoms with Gasteiger partial charge in [0.2, 0.25) is 0 Å². The van der Waals surface area contributed by atoms with Crippen LogP contribution in [0.3, 0.4) is 0 Å². The molecule has 1 atom stereocenters. The largest absolute Gasteiger partial charge is 0.433 e. The summed E-state index contributed by atoms with van der Waals surface area (Å²) in [7, 11) is 0. The molecule has 0 aliphatic carbocycles. The normalized spacial score (nSPS) is 19.3. The fraction of sp³-hybridized carbons (Fsp3) is 0.538. The number of nitrogens with zero attached hydrogens (tertiary/aromatic N) is 1. The summed E-state index contributed by atoms with van der Waals surface area (Å²) in [5.74, 6) is 0.0477. The van der Waals surface area contributed by atoms with E-state index in [1.807, 2.05) is 0 Å². The molecule has 0 saturated carbocycles. The second-order valence-electron chi connectivity index (χ2n) is 4.82. The number of hydrogen-bond donors (Lipinski definition) is 2. The molecule has 0 spiro atoms. The summed E-state index contributed by atoms with van der Waals surface area (Å²) in [5, 5.41) is 2.87. The molecule has 3 N–H and O–H groups in total. The Kier molecular flexibility index (Phi) is 5.00. The molecule has 21 heavy (non-hydrogen) atoms. The summed E-state index contributed by atoms with van der Waals surface area (Å²) >= 11 is 4.84. The van der Waals surface area contributed by atoms with Crippen molar-refractivity contribution in [3.63, 3.8) is 0 Å². The zero-order chi connectivity index (χ0) is 15.5. The number of halogens is 3. The molecule has 0 amide bonds. The maximum atomic E-state index is 12.7. The van der Waals surface area contributed by atoms with Gasteiger partial charge in [-0.2, -0.15) is 13.2 Å². The van der Waals surface area contributed by atoms with Crippen molar-refractivity contribution in [1.82, 2.24) is 4.98 Å². The molecule has 2 rings (SSSR count). The molecule has 1 aromatic heterocycles. The van der Waals surface area contributed by atoms with Crippen molar-refractivity contribution < 1.29 is 17.9 Å². The van der Waals surface area contributed by atoms with Crippen molar-refractivity contribution in [3.8, 4) is 0 Å². The Labute approximate surface area is 125 Å². The van der Waals surface area contributed by atoms with Crippen LogP contribution in [0.4, 0.5) is 19.0 Å². The maximum absolute atomic E-state index is 12.7. The average Bonchev–Trinajstić information content (AvgIpc) is 2.45. The van der Waals surface area contributed by atoms with Crippen LogP contribution in [0.1, 0.15) is 30.5 Å². The smallest absolute Gasteiger partial charge is 0.389 e. The van der Waals surface area contributed by atoms with Gasteiger partial charge in [-0.25, -0.2) is 4.98 Å². The zero-order valence-corrected chi connectivity index (χ0v) is 12.1. The number of nitrogens with two attached hydrogens (primary N) is 1. The topological polar surface area (TPSA) is 60.2 Å². The predicted octanol–water partition coefficient (Wildman–Crippen LogP) is 2.72. The van der Waals surface area contributed by atoms with Gasteiger partial charge < -0.3 is 15.8 Å². The Hall–Kier alpha value is -1.41. The predicted molar refractivity (Wildman–Crippen MR) is 77.2 cm³/mol. The molecule has 1 aliphatic rings. The van der Waals surface area contributed by atoms with Crippen LogP contribution in [-0.2, 0) is 10.9 Å². The Morgan fingerprint density at radius 2 is 2.19 bits per heavy atom. The lowest BCUT2D eigenvalue weighted by molar-refractivity contribution is -0.141. The van der Waals surface area contributed by atoms with E-state index >= 15 is 0 Å². The molecule has 2 heterocycles. The highest BCUT2D eigenvalue weighted by Crippen LogP contribution is 2.29. The van der Waals surface area contributed by atoms with Gasteiger partial charge in [-0.05, 0) is 31.4 Å². The molecular weight excluding hydrogens is 303 g/mol. The third-order valence-electron chi connectivity index (χ3n) is 3.22. The van der Waals surface area contributed by atoms with E-state index in [2.05, 4.69) is 10.3 Å². The third-order valence-corrected chi connectivity index (χ3v) is 3.44. The number of rotatable bonds is 4. The number of ether oxygens (including phenoxy) is 1. The molecule has 8 heteroatoms. The molecule has 1 aromatic rings. The van der Waals surface area contributed by atoms with Crippen LogP contribution in [0.15, 0.2) is 12.1 Å². The van der Waals surface area contributed by atoms with Crippen LogP contribution < -0.4 is 11.1 Å². The van der Waals surface area contributed by atoms with Crippen LogP contribution in [0.5, 0.6) is 0 Å². The van der Waals surface area contributed by atoms with Crippen molar-refractivity contribution in [2.45, 2.75) is 31.5 Å². The van der Waals surface area contributed by atoms with Gasteiger partial charge in [0.05, 0.1) is 11.7 Å². The van der Waals surface area contributed by atoms with Gasteiger partial charge in [-0.3, -0.25) is 0 Å². The molecule has 1 fully saturated rings. The quantitative estimate of drug-likeness (QED) is 0.836. The van der Waals surface area contributed by atoms with Gasteiger partial charge in [0, 0.05) is 13.2 Å². The number of aromatic nitrogens is 1. The molecule has 116 valence electrons. The number of hydrogen-bond acceptors (Lipinski definition) is 4. The van der Waals surface area contributed by atoms with E-state index in [-0.39, 0.29) is 16.9 Å². The van der Waals surface area contributed by atoms with Crippen molar-refractivity contribution in [1.29, 1.82) is 0 Å². The molecule has 0 aromatic carbocycles. The van der Waals surface area contributed by atoms with Crippen LogP contribution in [0, 0.1) is 0 Å². The molecule has 1 saturated heterocycles. The second-order valence-corrected chi connectivity index (χ2v) is 5.26. The van der Waals surface area contributed by atoms with E-state index in [0.717, 1.165) is 25.3 Å². The van der Waals surface area contributed by atoms with Crippen LogP contribution in [-0.4, -0.2) is 29.2 Å². The average molecular weight is 319 g/mol. The number of alkyl halides is 3. The van der Waals surface area contributed by atoms with Gasteiger partial charge in [0.1, 0.15) is 16.5 Å². The standard InChI is InChI=1S/C13H16F3N3OS/c14-13(15,16)10-5-4-9(11(17)21)12(19-10)18-7-8-3-1-2-6-20-8/h4-5,8H,1-3,6-7H2,(H2,17,21)(H,18,19). The summed E-state index contributed by atoms with van der Waals surface area (Å²) in [6.45, 7) is 1.05. The summed E-state index contributed by atoms with van der Waals surface area (Å²) < 4.78 is 43.7. The monoisotopic (exact) mass is 319 g/mol. The fourth-order valence-corrected chi connectivity index (χ4v) is 2.29. The van der Waals surface area contributed by atoms with Gasteiger partial charge in [0.15, 0.2) is 0 Å². The van der Waals surface area contributed by atoms with Crippen molar-refractivity contribution in [2.24, 2.45) is 5.73 Å². The summed E-state index contributed by atoms with van der Waals surface area (Å²) in [6, 6.07) is 2.11. The first kappa shape index (κ1) is 16.0. The lowest BCUT2D eigenvalue weighted by atomic mass is 10.1. The third kappa shape index (κ3) is 4.28. The Balaban J connectivity index is 2.16. The molecule has 4 nitrogen and oxygen atoms in total. The highest BCUT2D eigenvalue weighted by molar-refractivity contribution is 7.80. The van der Waals surface area contributed by atoms with Crippen LogP contribution in [0.2, 0.25) is 0 Å². The van der Waals surface area contributed by atoms with E-state index in [4.69, 9.17) is 22.7 Å². The second kappa shape index (κ2) is 6.57. The minimum atomic E-state index is -4.51. The highest BCUT2D eigenvalue weighted by atomic mass is 32.1. The number of anilines is 1. The Morgan fingerprint density at radius 1 is 1.43 bits per heavy atom. The van der Waals surface area contributed by atoms with Gasteiger partial charge in [0.25, 0.3) is 0 Å². The lowest BCUT2D eigenvalue weighted by Gasteiger charge is -2.23. The lowest BCUT2D eigenvalue weighted by Crippen LogP contribution is -2.28. The number of thiocarbonyl (C=S) groups is 1. The highest BCUT2D eigenvalue weighted by Gasteiger charge is 2.33. The van der Waals surface area contributed by atoms with E-state index < -0.39 is 11.9 Å². The first-order chi connectivity index (χ1) is 9.88. The van der Waals surface area contributed by atoms with Crippen LogP contribution in [0.25, 0.3) is 0 Å². The van der Waals surface area contributed by atoms with Crippen LogP contribution >= 0.6 is 12.2 Å². The Bertz CT molecular complexity index is 516. The first-order valence-electron chi connectivity index (χ1n) is 6.61. The minimum absolute atomic E-state index is 0.00304.